The molecule has 0 saturated carbocycles. The predicted octanol–water partition coefficient (Wildman–Crippen LogP) is -0.113. The summed E-state index contributed by atoms with van der Waals surface area (Å²) in [6.07, 6.45) is 1.23. The Balaban J connectivity index is 2.19. The first kappa shape index (κ1) is 15.9. The minimum Gasteiger partial charge on any atom is -0.464 e. The number of aromatic nitrogens is 3. The molecule has 0 bridgehead atoms. The second-order valence-electron chi connectivity index (χ2n) is 4.96. The molecule has 2 atom stereocenters. The fourth-order valence-corrected chi connectivity index (χ4v) is 2.47. The Morgan fingerprint density at radius 2 is 2.43 bits per heavy atom. The van der Waals surface area contributed by atoms with Crippen LogP contribution >= 0.6 is 0 Å². The number of aliphatic hydroxyl groups is 1. The fourth-order valence-electron chi connectivity index (χ4n) is 2.47. The van der Waals surface area contributed by atoms with E-state index < -0.39 is 12.1 Å². The highest BCUT2D eigenvalue weighted by molar-refractivity contribution is 5.88. The molecule has 1 aliphatic heterocycles. The Hall–Kier alpha value is -1.51. The van der Waals surface area contributed by atoms with Crippen molar-refractivity contribution in [2.45, 2.75) is 38.5 Å². The number of rotatable bonds is 7. The Morgan fingerprint density at radius 1 is 1.62 bits per heavy atom. The van der Waals surface area contributed by atoms with Gasteiger partial charge in [-0.1, -0.05) is 5.21 Å². The zero-order valence-corrected chi connectivity index (χ0v) is 12.4. The van der Waals surface area contributed by atoms with Crippen molar-refractivity contribution in [2.24, 2.45) is 0 Å². The van der Waals surface area contributed by atoms with E-state index in [0.29, 0.717) is 12.3 Å². The van der Waals surface area contributed by atoms with Crippen LogP contribution in [0.1, 0.15) is 42.0 Å². The van der Waals surface area contributed by atoms with Gasteiger partial charge in [-0.3, -0.25) is 0 Å². The van der Waals surface area contributed by atoms with E-state index in [4.69, 9.17) is 9.47 Å². The molecule has 1 aromatic rings. The average molecular weight is 298 g/mol. The Labute approximate surface area is 123 Å². The van der Waals surface area contributed by atoms with Gasteiger partial charge in [0, 0.05) is 6.61 Å². The number of hydrogen-bond acceptors (Lipinski definition) is 7. The van der Waals surface area contributed by atoms with Crippen molar-refractivity contribution in [1.82, 2.24) is 20.3 Å². The van der Waals surface area contributed by atoms with E-state index in [2.05, 4.69) is 15.6 Å². The second-order valence-corrected chi connectivity index (χ2v) is 4.96. The fraction of sp³-hybridized carbons (Fsp3) is 0.769. The molecule has 2 unspecified atom stereocenters. The van der Waals surface area contributed by atoms with Crippen molar-refractivity contribution in [2.75, 3.05) is 26.9 Å². The smallest absolute Gasteiger partial charge is 0.360 e. The molecular formula is C13H22N4O4. The summed E-state index contributed by atoms with van der Waals surface area (Å²) in [5.41, 5.74) is 0.885. The zero-order valence-electron chi connectivity index (χ0n) is 12.4. The first-order chi connectivity index (χ1) is 10.2. The molecule has 1 saturated heterocycles. The van der Waals surface area contributed by atoms with Crippen molar-refractivity contribution >= 4 is 5.97 Å². The van der Waals surface area contributed by atoms with Gasteiger partial charge < -0.3 is 19.9 Å². The van der Waals surface area contributed by atoms with Crippen molar-refractivity contribution in [1.29, 1.82) is 0 Å². The van der Waals surface area contributed by atoms with Crippen LogP contribution in [0.25, 0.3) is 0 Å². The van der Waals surface area contributed by atoms with Crippen LogP contribution < -0.4 is 5.32 Å². The Bertz CT molecular complexity index is 471. The summed E-state index contributed by atoms with van der Waals surface area (Å²) in [4.78, 5) is 11.8. The summed E-state index contributed by atoms with van der Waals surface area (Å²) >= 11 is 0. The van der Waals surface area contributed by atoms with Crippen LogP contribution in [0.2, 0.25) is 0 Å². The van der Waals surface area contributed by atoms with E-state index in [-0.39, 0.29) is 24.9 Å². The molecular weight excluding hydrogens is 276 g/mol. The van der Waals surface area contributed by atoms with E-state index >= 15 is 0 Å². The van der Waals surface area contributed by atoms with Crippen LogP contribution in [0.3, 0.4) is 0 Å². The number of ether oxygens (including phenoxy) is 2. The summed E-state index contributed by atoms with van der Waals surface area (Å²) in [7, 11) is 1.32. The van der Waals surface area contributed by atoms with E-state index in [0.717, 1.165) is 19.4 Å². The van der Waals surface area contributed by atoms with Crippen molar-refractivity contribution in [3.63, 3.8) is 0 Å². The number of methoxy groups -OCH3 is 1. The van der Waals surface area contributed by atoms with Crippen LogP contribution in [0.4, 0.5) is 0 Å². The molecule has 118 valence electrons. The third-order valence-electron chi connectivity index (χ3n) is 3.44. The summed E-state index contributed by atoms with van der Waals surface area (Å²) in [5.74, 6) is -0.510. The molecule has 0 aliphatic carbocycles. The maximum absolute atomic E-state index is 11.8. The number of esters is 1. The summed E-state index contributed by atoms with van der Waals surface area (Å²) < 4.78 is 11.5. The van der Waals surface area contributed by atoms with Gasteiger partial charge in [0.15, 0.2) is 5.69 Å². The second kappa shape index (κ2) is 7.48. The minimum atomic E-state index is -0.697. The number of hydrogen-bond donors (Lipinski definition) is 2. The van der Waals surface area contributed by atoms with Gasteiger partial charge in [-0.05, 0) is 26.3 Å². The average Bonchev–Trinajstić information content (AvgIpc) is 3.13. The number of carbonyl (C=O) groups is 1. The van der Waals surface area contributed by atoms with Crippen molar-refractivity contribution in [3.8, 4) is 0 Å². The van der Waals surface area contributed by atoms with Crippen LogP contribution in [0.15, 0.2) is 0 Å². The van der Waals surface area contributed by atoms with E-state index in [1.54, 1.807) is 4.68 Å². The largest absolute Gasteiger partial charge is 0.464 e. The lowest BCUT2D eigenvalue weighted by Gasteiger charge is -2.16. The topological polar surface area (TPSA) is 98.5 Å². The number of aliphatic hydroxyl groups excluding tert-OH is 1. The lowest BCUT2D eigenvalue weighted by Crippen LogP contribution is -2.27. The third kappa shape index (κ3) is 3.78. The zero-order chi connectivity index (χ0) is 15.2. The molecule has 1 aromatic heterocycles. The van der Waals surface area contributed by atoms with Gasteiger partial charge in [0.05, 0.1) is 38.1 Å². The van der Waals surface area contributed by atoms with Gasteiger partial charge in [-0.25, -0.2) is 9.48 Å². The quantitative estimate of drug-likeness (QED) is 0.677. The van der Waals surface area contributed by atoms with Gasteiger partial charge in [-0.2, -0.15) is 0 Å². The number of nitrogens with one attached hydrogen (secondary N) is 1. The lowest BCUT2D eigenvalue weighted by atomic mass is 10.1. The van der Waals surface area contributed by atoms with Gasteiger partial charge >= 0.3 is 5.97 Å². The van der Waals surface area contributed by atoms with E-state index in [9.17, 15) is 9.90 Å². The lowest BCUT2D eigenvalue weighted by molar-refractivity contribution is 0.0306. The summed E-state index contributed by atoms with van der Waals surface area (Å²) in [5, 5.41) is 21.2. The molecule has 0 spiro atoms. The molecule has 1 aliphatic rings. The molecule has 2 rings (SSSR count). The van der Waals surface area contributed by atoms with E-state index in [1.165, 1.54) is 7.11 Å². The van der Waals surface area contributed by atoms with Crippen LogP contribution in [-0.4, -0.2) is 59.0 Å². The van der Waals surface area contributed by atoms with Gasteiger partial charge in [0.2, 0.25) is 0 Å². The Morgan fingerprint density at radius 3 is 3.05 bits per heavy atom. The summed E-state index contributed by atoms with van der Waals surface area (Å²) in [6, 6.07) is 0.00777. The highest BCUT2D eigenvalue weighted by atomic mass is 16.5. The molecule has 0 aromatic carbocycles. The normalized spacial score (nSPS) is 19.7. The monoisotopic (exact) mass is 298 g/mol. The maximum Gasteiger partial charge on any atom is 0.360 e. The van der Waals surface area contributed by atoms with E-state index in [1.807, 2.05) is 6.92 Å². The van der Waals surface area contributed by atoms with Gasteiger partial charge in [0.25, 0.3) is 0 Å². The van der Waals surface area contributed by atoms with Crippen LogP contribution in [0, 0.1) is 0 Å². The maximum atomic E-state index is 11.8. The Kier molecular flexibility index (Phi) is 5.66. The number of carbonyl (C=O) groups excluding carboxylic acids is 1. The van der Waals surface area contributed by atoms with Crippen molar-refractivity contribution in [3.05, 3.63) is 11.4 Å². The van der Waals surface area contributed by atoms with Crippen LogP contribution in [-0.2, 0) is 16.0 Å². The predicted molar refractivity (Wildman–Crippen MR) is 73.8 cm³/mol. The highest BCUT2D eigenvalue weighted by Crippen LogP contribution is 2.25. The first-order valence-corrected chi connectivity index (χ1v) is 7.18. The third-order valence-corrected chi connectivity index (χ3v) is 3.44. The standard InChI is InChI=1S/C13H22N4O4/c1-3-21-8-9(18)7-17-12(10-5-4-6-14-10)11(15-16-17)13(19)20-2/h9-10,14,18H,3-8H2,1-2H3. The molecule has 8 nitrogen and oxygen atoms in total. The molecule has 8 heteroatoms. The molecule has 0 amide bonds. The van der Waals surface area contributed by atoms with Gasteiger partial charge in [0.1, 0.15) is 0 Å². The minimum absolute atomic E-state index is 0.00777. The van der Waals surface area contributed by atoms with Crippen LogP contribution in [0.5, 0.6) is 0 Å². The first-order valence-electron chi connectivity index (χ1n) is 7.18. The summed E-state index contributed by atoms with van der Waals surface area (Å²) in [6.45, 7) is 3.75. The molecule has 21 heavy (non-hydrogen) atoms. The number of nitrogens with zero attached hydrogens (tertiary/aromatic N) is 3. The highest BCUT2D eigenvalue weighted by Gasteiger charge is 2.29. The molecule has 2 N–H and O–H groups in total. The molecule has 1 fully saturated rings. The van der Waals surface area contributed by atoms with Crippen molar-refractivity contribution < 1.29 is 19.4 Å². The SMILES string of the molecule is CCOCC(O)Cn1nnc(C(=O)OC)c1C1CCCN1. The van der Waals surface area contributed by atoms with Gasteiger partial charge in [-0.15, -0.1) is 5.10 Å². The molecule has 2 heterocycles. The molecule has 0 radical (unpaired) electrons.